The second-order valence-corrected chi connectivity index (χ2v) is 3.99. The zero-order valence-electron chi connectivity index (χ0n) is 9.22. The standard InChI is InChI=1S/C12H11ClN2O2/c1-2-11-10(12(16)17)7-14-15(11)9-5-3-8(13)4-6-9/h3-7H,2H2,1H3,(H,16,17). The van der Waals surface area contributed by atoms with Gasteiger partial charge in [0.05, 0.1) is 17.6 Å². The molecule has 0 amide bonds. The monoisotopic (exact) mass is 250 g/mol. The van der Waals surface area contributed by atoms with Gasteiger partial charge in [-0.1, -0.05) is 18.5 Å². The van der Waals surface area contributed by atoms with Crippen LogP contribution in [0.4, 0.5) is 0 Å². The minimum atomic E-state index is -0.956. The van der Waals surface area contributed by atoms with Crippen molar-refractivity contribution in [2.45, 2.75) is 13.3 Å². The number of nitrogens with zero attached hydrogens (tertiary/aromatic N) is 2. The molecule has 1 aromatic heterocycles. The zero-order chi connectivity index (χ0) is 12.4. The first-order valence-electron chi connectivity index (χ1n) is 5.19. The molecule has 0 unspecified atom stereocenters. The second kappa shape index (κ2) is 4.59. The van der Waals surface area contributed by atoms with Gasteiger partial charge in [-0.2, -0.15) is 5.10 Å². The number of benzene rings is 1. The van der Waals surface area contributed by atoms with Gasteiger partial charge in [-0.15, -0.1) is 0 Å². The lowest BCUT2D eigenvalue weighted by Crippen LogP contribution is -2.05. The molecule has 0 spiro atoms. The summed E-state index contributed by atoms with van der Waals surface area (Å²) in [5.74, 6) is -0.956. The Morgan fingerprint density at radius 1 is 1.41 bits per heavy atom. The van der Waals surface area contributed by atoms with Gasteiger partial charge >= 0.3 is 5.97 Å². The van der Waals surface area contributed by atoms with Crippen molar-refractivity contribution >= 4 is 17.6 Å². The lowest BCUT2D eigenvalue weighted by atomic mass is 10.2. The van der Waals surface area contributed by atoms with Crippen LogP contribution in [0.2, 0.25) is 5.02 Å². The van der Waals surface area contributed by atoms with Crippen LogP contribution in [-0.2, 0) is 6.42 Å². The predicted molar refractivity (Wildman–Crippen MR) is 64.9 cm³/mol. The highest BCUT2D eigenvalue weighted by atomic mass is 35.5. The number of hydrogen-bond donors (Lipinski definition) is 1. The molecule has 0 aliphatic carbocycles. The van der Waals surface area contributed by atoms with E-state index in [0.717, 1.165) is 5.69 Å². The van der Waals surface area contributed by atoms with Gasteiger partial charge < -0.3 is 5.11 Å². The van der Waals surface area contributed by atoms with Gasteiger partial charge in [0.25, 0.3) is 0 Å². The first-order valence-corrected chi connectivity index (χ1v) is 5.57. The molecule has 2 aromatic rings. The van der Waals surface area contributed by atoms with E-state index < -0.39 is 5.97 Å². The SMILES string of the molecule is CCc1c(C(=O)O)cnn1-c1ccc(Cl)cc1. The quantitative estimate of drug-likeness (QED) is 0.911. The Kier molecular flexibility index (Phi) is 3.15. The molecule has 88 valence electrons. The Hall–Kier alpha value is -1.81. The van der Waals surface area contributed by atoms with E-state index in [-0.39, 0.29) is 5.56 Å². The molecule has 0 aliphatic rings. The van der Waals surface area contributed by atoms with Crippen molar-refractivity contribution in [3.05, 3.63) is 46.7 Å². The first-order chi connectivity index (χ1) is 8.13. The average molecular weight is 251 g/mol. The van der Waals surface area contributed by atoms with Gasteiger partial charge in [-0.25, -0.2) is 9.48 Å². The largest absolute Gasteiger partial charge is 0.478 e. The summed E-state index contributed by atoms with van der Waals surface area (Å²) in [6.45, 7) is 1.90. The minimum Gasteiger partial charge on any atom is -0.478 e. The van der Waals surface area contributed by atoms with Crippen molar-refractivity contribution in [2.24, 2.45) is 0 Å². The van der Waals surface area contributed by atoms with Gasteiger partial charge in [0.1, 0.15) is 5.56 Å². The highest BCUT2D eigenvalue weighted by Crippen LogP contribution is 2.17. The third-order valence-corrected chi connectivity index (χ3v) is 2.76. The van der Waals surface area contributed by atoms with Crippen LogP contribution >= 0.6 is 11.6 Å². The number of carboxylic acids is 1. The van der Waals surface area contributed by atoms with Crippen LogP contribution in [0.15, 0.2) is 30.5 Å². The molecule has 5 heteroatoms. The predicted octanol–water partition coefficient (Wildman–Crippen LogP) is 2.79. The molecule has 0 fully saturated rings. The Morgan fingerprint density at radius 2 is 2.06 bits per heavy atom. The van der Waals surface area contributed by atoms with Crippen molar-refractivity contribution in [3.8, 4) is 5.69 Å². The van der Waals surface area contributed by atoms with Crippen LogP contribution in [0.5, 0.6) is 0 Å². The normalized spacial score (nSPS) is 10.5. The third-order valence-electron chi connectivity index (χ3n) is 2.51. The first kappa shape index (κ1) is 11.7. The zero-order valence-corrected chi connectivity index (χ0v) is 9.98. The molecule has 0 aliphatic heterocycles. The van der Waals surface area contributed by atoms with Crippen molar-refractivity contribution in [2.75, 3.05) is 0 Å². The molecule has 0 bridgehead atoms. The van der Waals surface area contributed by atoms with E-state index in [1.165, 1.54) is 6.20 Å². The third kappa shape index (κ3) is 2.17. The van der Waals surface area contributed by atoms with E-state index in [9.17, 15) is 4.79 Å². The van der Waals surface area contributed by atoms with Gasteiger partial charge in [0.15, 0.2) is 0 Å². The van der Waals surface area contributed by atoms with Gasteiger partial charge in [0, 0.05) is 5.02 Å². The number of aromatic nitrogens is 2. The number of halogens is 1. The van der Waals surface area contributed by atoms with E-state index >= 15 is 0 Å². The maximum absolute atomic E-state index is 11.0. The maximum Gasteiger partial charge on any atom is 0.339 e. The van der Waals surface area contributed by atoms with E-state index in [0.29, 0.717) is 17.1 Å². The van der Waals surface area contributed by atoms with Gasteiger partial charge in [-0.3, -0.25) is 0 Å². The molecule has 17 heavy (non-hydrogen) atoms. The van der Waals surface area contributed by atoms with Crippen LogP contribution < -0.4 is 0 Å². The topological polar surface area (TPSA) is 55.1 Å². The number of hydrogen-bond acceptors (Lipinski definition) is 2. The Morgan fingerprint density at radius 3 is 2.59 bits per heavy atom. The summed E-state index contributed by atoms with van der Waals surface area (Å²) in [4.78, 5) is 11.0. The number of aromatic carboxylic acids is 1. The fraction of sp³-hybridized carbons (Fsp3) is 0.167. The van der Waals surface area contributed by atoms with Crippen LogP contribution in [0.3, 0.4) is 0 Å². The van der Waals surface area contributed by atoms with Crippen LogP contribution in [0.1, 0.15) is 23.0 Å². The Bertz CT molecular complexity index is 546. The molecule has 1 heterocycles. The molecular weight excluding hydrogens is 240 g/mol. The number of carbonyl (C=O) groups is 1. The van der Waals surface area contributed by atoms with Crippen molar-refractivity contribution in [1.29, 1.82) is 0 Å². The lowest BCUT2D eigenvalue weighted by Gasteiger charge is -2.06. The number of carboxylic acid groups (broad SMARTS) is 1. The van der Waals surface area contributed by atoms with Crippen molar-refractivity contribution in [1.82, 2.24) is 9.78 Å². The highest BCUT2D eigenvalue weighted by Gasteiger charge is 2.15. The molecule has 1 aromatic carbocycles. The van der Waals surface area contributed by atoms with Crippen molar-refractivity contribution in [3.63, 3.8) is 0 Å². The fourth-order valence-corrected chi connectivity index (χ4v) is 1.82. The molecule has 1 N–H and O–H groups in total. The van der Waals surface area contributed by atoms with Gasteiger partial charge in [0.2, 0.25) is 0 Å². The Balaban J connectivity index is 2.52. The molecule has 0 atom stereocenters. The van der Waals surface area contributed by atoms with Crippen molar-refractivity contribution < 1.29 is 9.90 Å². The highest BCUT2D eigenvalue weighted by molar-refractivity contribution is 6.30. The summed E-state index contributed by atoms with van der Waals surface area (Å²) in [6, 6.07) is 7.11. The average Bonchev–Trinajstić information content (AvgIpc) is 2.73. The summed E-state index contributed by atoms with van der Waals surface area (Å²) in [6.07, 6.45) is 1.97. The lowest BCUT2D eigenvalue weighted by molar-refractivity contribution is 0.0695. The molecule has 2 rings (SSSR count). The molecular formula is C12H11ClN2O2. The molecule has 0 radical (unpaired) electrons. The van der Waals surface area contributed by atoms with E-state index in [2.05, 4.69) is 5.10 Å². The smallest absolute Gasteiger partial charge is 0.339 e. The summed E-state index contributed by atoms with van der Waals surface area (Å²) >= 11 is 5.80. The maximum atomic E-state index is 11.0. The molecule has 0 saturated heterocycles. The minimum absolute atomic E-state index is 0.238. The second-order valence-electron chi connectivity index (χ2n) is 3.55. The number of rotatable bonds is 3. The van der Waals surface area contributed by atoms with Crippen LogP contribution in [-0.4, -0.2) is 20.9 Å². The van der Waals surface area contributed by atoms with E-state index in [1.807, 2.05) is 6.92 Å². The molecule has 0 saturated carbocycles. The van der Waals surface area contributed by atoms with Crippen LogP contribution in [0.25, 0.3) is 5.69 Å². The van der Waals surface area contributed by atoms with Gasteiger partial charge in [-0.05, 0) is 30.7 Å². The summed E-state index contributed by atoms with van der Waals surface area (Å²) < 4.78 is 1.62. The Labute approximate surface area is 103 Å². The summed E-state index contributed by atoms with van der Waals surface area (Å²) in [5.41, 5.74) is 1.72. The summed E-state index contributed by atoms with van der Waals surface area (Å²) in [7, 11) is 0. The summed E-state index contributed by atoms with van der Waals surface area (Å²) in [5, 5.41) is 13.8. The van der Waals surface area contributed by atoms with E-state index in [1.54, 1.807) is 28.9 Å². The van der Waals surface area contributed by atoms with Crippen LogP contribution in [0, 0.1) is 0 Å². The van der Waals surface area contributed by atoms with E-state index in [4.69, 9.17) is 16.7 Å². The fourth-order valence-electron chi connectivity index (χ4n) is 1.70. The molecule has 4 nitrogen and oxygen atoms in total.